The van der Waals surface area contributed by atoms with Crippen LogP contribution in [0.25, 0.3) is 0 Å². The number of anilines is 1. The molecule has 0 bridgehead atoms. The minimum atomic E-state index is -0.478. The second kappa shape index (κ2) is 20.7. The van der Waals surface area contributed by atoms with Crippen molar-refractivity contribution in [1.82, 2.24) is 0 Å². The molecule has 3 rings (SSSR count). The Hall–Kier alpha value is -4.47. The van der Waals surface area contributed by atoms with E-state index in [0.29, 0.717) is 30.2 Å². The molecule has 0 heterocycles. The van der Waals surface area contributed by atoms with E-state index in [0.717, 1.165) is 30.8 Å². The minimum Gasteiger partial charge on any atom is -0.463 e. The van der Waals surface area contributed by atoms with Gasteiger partial charge in [0.1, 0.15) is 6.61 Å². The van der Waals surface area contributed by atoms with Gasteiger partial charge in [-0.05, 0) is 87.4 Å². The maximum absolute atomic E-state index is 12.5. The number of carbonyl (C=O) groups is 1. The quantitative estimate of drug-likeness (QED) is 0.0350. The fourth-order valence-corrected chi connectivity index (χ4v) is 4.94. The summed E-state index contributed by atoms with van der Waals surface area (Å²) < 4.78 is 5.67. The molecule has 10 nitrogen and oxygen atoms in total. The average Bonchev–Trinajstić information content (AvgIpc) is 3.10. The van der Waals surface area contributed by atoms with Crippen LogP contribution < -0.4 is 4.90 Å². The van der Waals surface area contributed by atoms with Crippen molar-refractivity contribution in [2.24, 2.45) is 25.9 Å². The molecule has 0 atom stereocenters. The van der Waals surface area contributed by atoms with Gasteiger partial charge in [0.25, 0.3) is 5.69 Å². The van der Waals surface area contributed by atoms with Crippen LogP contribution in [0.4, 0.5) is 34.1 Å². The Kier molecular flexibility index (Phi) is 16.4. The van der Waals surface area contributed by atoms with E-state index < -0.39 is 10.3 Å². The van der Waals surface area contributed by atoms with Crippen molar-refractivity contribution >= 4 is 40.1 Å². The molecule has 0 aromatic heterocycles. The number of ether oxygens (including phenoxy) is 1. The number of unbranched alkanes of at least 4 members (excludes halogenated alkanes) is 9. The molecule has 0 unspecified atom stereocenters. The summed E-state index contributed by atoms with van der Waals surface area (Å²) in [5.41, 5.74) is 3.16. The highest BCUT2D eigenvalue weighted by molar-refractivity contribution is 5.75. The molecule has 10 heteroatoms. The zero-order valence-electron chi connectivity index (χ0n) is 29.1. The largest absolute Gasteiger partial charge is 0.463 e. The van der Waals surface area contributed by atoms with Gasteiger partial charge in [0.15, 0.2) is 0 Å². The molecule has 0 fully saturated rings. The Balaban J connectivity index is 1.54. The van der Waals surface area contributed by atoms with Crippen LogP contribution in [0.3, 0.4) is 0 Å². The number of benzene rings is 3. The Morgan fingerprint density at radius 2 is 1.08 bits per heavy atom. The van der Waals surface area contributed by atoms with Gasteiger partial charge in [0.2, 0.25) is 0 Å². The first-order valence-corrected chi connectivity index (χ1v) is 17.4. The SMILES string of the molecule is CCCCCCCCCCCCN(CCOC(=O)C(C)(C)CC)c1ccc(N=Nc2ccc(N=Nc3ccc([N+](=O)[O-])cc3)cc2)cc1. The molecule has 3 aromatic carbocycles. The summed E-state index contributed by atoms with van der Waals surface area (Å²) in [5, 5.41) is 27.9. The molecule has 0 spiro atoms. The zero-order valence-corrected chi connectivity index (χ0v) is 29.1. The van der Waals surface area contributed by atoms with Crippen LogP contribution in [-0.2, 0) is 9.53 Å². The summed E-state index contributed by atoms with van der Waals surface area (Å²) in [6, 6.07) is 21.1. The van der Waals surface area contributed by atoms with Crippen LogP contribution in [0.2, 0.25) is 0 Å². The van der Waals surface area contributed by atoms with Crippen molar-refractivity contribution in [3.05, 3.63) is 82.9 Å². The predicted octanol–water partition coefficient (Wildman–Crippen LogP) is 12.1. The van der Waals surface area contributed by atoms with Gasteiger partial charge >= 0.3 is 5.97 Å². The topological polar surface area (TPSA) is 122 Å². The summed E-state index contributed by atoms with van der Waals surface area (Å²) in [4.78, 5) is 25.2. The minimum absolute atomic E-state index is 0.00858. The molecule has 0 aliphatic carbocycles. The molecule has 258 valence electrons. The number of hydrogen-bond donors (Lipinski definition) is 0. The number of nitrogens with zero attached hydrogens (tertiary/aromatic N) is 6. The molecule has 0 radical (unpaired) electrons. The maximum atomic E-state index is 12.5. The highest BCUT2D eigenvalue weighted by atomic mass is 16.6. The molecule has 0 saturated carbocycles. The number of hydrogen-bond acceptors (Lipinski definition) is 9. The molecule has 0 aliphatic heterocycles. The van der Waals surface area contributed by atoms with Gasteiger partial charge in [-0.1, -0.05) is 71.6 Å². The standard InChI is InChI=1S/C38H52N6O4/c1-5-7-8-9-10-11-12-13-14-15-28-43(29-30-48-37(45)38(3,4)6-2)35-24-20-33(21-25-35)41-39-31-16-18-32(19-17-31)40-42-34-22-26-36(27-23-34)44(46)47/h16-27H,5-15,28-30H2,1-4H3. The van der Waals surface area contributed by atoms with Crippen molar-refractivity contribution in [3.8, 4) is 0 Å². The lowest BCUT2D eigenvalue weighted by Gasteiger charge is -2.26. The lowest BCUT2D eigenvalue weighted by atomic mass is 9.91. The normalized spacial score (nSPS) is 11.8. The predicted molar refractivity (Wildman–Crippen MR) is 193 cm³/mol. The molecule has 48 heavy (non-hydrogen) atoms. The van der Waals surface area contributed by atoms with Crippen molar-refractivity contribution < 1.29 is 14.5 Å². The lowest BCUT2D eigenvalue weighted by Crippen LogP contribution is -2.32. The zero-order chi connectivity index (χ0) is 34.6. The van der Waals surface area contributed by atoms with Crippen molar-refractivity contribution in [2.45, 2.75) is 98.3 Å². The van der Waals surface area contributed by atoms with Crippen molar-refractivity contribution in [3.63, 3.8) is 0 Å². The van der Waals surface area contributed by atoms with Gasteiger partial charge in [-0.15, -0.1) is 0 Å². The average molecular weight is 657 g/mol. The van der Waals surface area contributed by atoms with Crippen LogP contribution in [0.15, 0.2) is 93.3 Å². The number of non-ortho nitro benzene ring substituents is 1. The summed E-state index contributed by atoms with van der Waals surface area (Å²) in [6.07, 6.45) is 13.6. The summed E-state index contributed by atoms with van der Waals surface area (Å²) in [7, 11) is 0. The van der Waals surface area contributed by atoms with Gasteiger partial charge < -0.3 is 9.64 Å². The number of carbonyl (C=O) groups excluding carboxylic acids is 1. The van der Waals surface area contributed by atoms with E-state index in [1.165, 1.54) is 69.9 Å². The first-order chi connectivity index (χ1) is 23.2. The molecule has 0 saturated heterocycles. The highest BCUT2D eigenvalue weighted by Crippen LogP contribution is 2.26. The smallest absolute Gasteiger partial charge is 0.311 e. The van der Waals surface area contributed by atoms with Crippen LogP contribution in [-0.4, -0.2) is 30.6 Å². The first-order valence-electron chi connectivity index (χ1n) is 17.4. The Morgan fingerprint density at radius 3 is 1.52 bits per heavy atom. The van der Waals surface area contributed by atoms with Gasteiger partial charge in [0.05, 0.1) is 39.6 Å². The van der Waals surface area contributed by atoms with Gasteiger partial charge in [-0.3, -0.25) is 14.9 Å². The van der Waals surface area contributed by atoms with E-state index in [4.69, 9.17) is 4.74 Å². The van der Waals surface area contributed by atoms with Gasteiger partial charge in [-0.25, -0.2) is 0 Å². The number of esters is 1. The van der Waals surface area contributed by atoms with Gasteiger partial charge in [-0.2, -0.15) is 20.5 Å². The Morgan fingerprint density at radius 1 is 0.667 bits per heavy atom. The molecular formula is C38H52N6O4. The van der Waals surface area contributed by atoms with Crippen LogP contribution in [0.1, 0.15) is 98.3 Å². The summed E-state index contributed by atoms with van der Waals surface area (Å²) >= 11 is 0. The third kappa shape index (κ3) is 13.7. The first kappa shape index (κ1) is 38.0. The van der Waals surface area contributed by atoms with E-state index in [2.05, 4.69) is 32.3 Å². The molecule has 0 aliphatic rings. The van der Waals surface area contributed by atoms with E-state index >= 15 is 0 Å². The molecule has 0 N–H and O–H groups in total. The highest BCUT2D eigenvalue weighted by Gasteiger charge is 2.27. The molecular weight excluding hydrogens is 604 g/mol. The number of nitro benzene ring substituents is 1. The Labute approximate surface area is 285 Å². The van der Waals surface area contributed by atoms with E-state index in [-0.39, 0.29) is 11.7 Å². The second-order valence-electron chi connectivity index (χ2n) is 12.7. The van der Waals surface area contributed by atoms with Gasteiger partial charge in [0, 0.05) is 24.4 Å². The third-order valence-corrected chi connectivity index (χ3v) is 8.50. The third-order valence-electron chi connectivity index (χ3n) is 8.50. The van der Waals surface area contributed by atoms with E-state index in [1.54, 1.807) is 36.4 Å². The monoisotopic (exact) mass is 656 g/mol. The number of rotatable bonds is 22. The number of nitro groups is 1. The van der Waals surface area contributed by atoms with E-state index in [1.807, 2.05) is 45.0 Å². The Bertz CT molecular complexity index is 1440. The fourth-order valence-electron chi connectivity index (χ4n) is 4.94. The number of azo groups is 2. The van der Waals surface area contributed by atoms with Crippen LogP contribution >= 0.6 is 0 Å². The summed E-state index contributed by atoms with van der Waals surface area (Å²) in [5.74, 6) is -0.153. The van der Waals surface area contributed by atoms with Crippen molar-refractivity contribution in [1.29, 1.82) is 0 Å². The fraction of sp³-hybridized carbons (Fsp3) is 0.500. The second-order valence-corrected chi connectivity index (χ2v) is 12.7. The van der Waals surface area contributed by atoms with Crippen molar-refractivity contribution in [2.75, 3.05) is 24.6 Å². The molecule has 3 aromatic rings. The summed E-state index contributed by atoms with van der Waals surface area (Å²) in [6.45, 7) is 10.0. The lowest BCUT2D eigenvalue weighted by molar-refractivity contribution is -0.384. The van der Waals surface area contributed by atoms with E-state index in [9.17, 15) is 14.9 Å². The van der Waals surface area contributed by atoms with Crippen LogP contribution in [0.5, 0.6) is 0 Å². The molecule has 0 amide bonds. The maximum Gasteiger partial charge on any atom is 0.311 e. The van der Waals surface area contributed by atoms with Crippen LogP contribution in [0, 0.1) is 15.5 Å².